The molecule has 0 spiro atoms. The Morgan fingerprint density at radius 3 is 1.83 bits per heavy atom. The Kier molecular flexibility index (Phi) is 5.83. The van der Waals surface area contributed by atoms with Gasteiger partial charge < -0.3 is 0 Å². The molecule has 0 amide bonds. The van der Waals surface area contributed by atoms with Crippen molar-refractivity contribution in [3.63, 3.8) is 0 Å². The van der Waals surface area contributed by atoms with Crippen LogP contribution in [0.2, 0.25) is 0 Å². The van der Waals surface area contributed by atoms with E-state index in [-0.39, 0.29) is 0 Å². The first-order valence-electron chi connectivity index (χ1n) is 10.2. The van der Waals surface area contributed by atoms with Crippen LogP contribution in [0, 0.1) is 38.5 Å². The molecule has 128 valence electrons. The van der Waals surface area contributed by atoms with Gasteiger partial charge in [-0.05, 0) is 86.5 Å². The lowest BCUT2D eigenvalue weighted by Crippen LogP contribution is -2.20. The van der Waals surface area contributed by atoms with E-state index in [1.54, 1.807) is 12.0 Å². The molecule has 2 fully saturated rings. The molecule has 3 rings (SSSR count). The van der Waals surface area contributed by atoms with Gasteiger partial charge in [0.15, 0.2) is 0 Å². The molecule has 2 aliphatic rings. The van der Waals surface area contributed by atoms with Crippen molar-refractivity contribution in [2.24, 2.45) is 17.8 Å². The van der Waals surface area contributed by atoms with Crippen LogP contribution in [0.5, 0.6) is 0 Å². The first-order valence-corrected chi connectivity index (χ1v) is 10.2. The van der Waals surface area contributed by atoms with Crippen molar-refractivity contribution in [2.75, 3.05) is 0 Å². The zero-order chi connectivity index (χ0) is 16.2. The van der Waals surface area contributed by atoms with E-state index < -0.39 is 0 Å². The topological polar surface area (TPSA) is 0 Å². The van der Waals surface area contributed by atoms with E-state index in [9.17, 15) is 0 Å². The third-order valence-electron chi connectivity index (χ3n) is 6.87. The minimum Gasteiger partial charge on any atom is -0.0558 e. The highest BCUT2D eigenvalue weighted by Crippen LogP contribution is 2.38. The quantitative estimate of drug-likeness (QED) is 0.565. The summed E-state index contributed by atoms with van der Waals surface area (Å²) in [5.74, 6) is 3.07. The summed E-state index contributed by atoms with van der Waals surface area (Å²) in [6, 6.07) is 4.88. The molecule has 2 aliphatic carbocycles. The maximum Gasteiger partial charge on any atom is -0.0250 e. The van der Waals surface area contributed by atoms with Gasteiger partial charge in [0.2, 0.25) is 0 Å². The van der Waals surface area contributed by atoms with Crippen LogP contribution in [-0.2, 0) is 6.42 Å². The van der Waals surface area contributed by atoms with E-state index in [1.807, 2.05) is 0 Å². The van der Waals surface area contributed by atoms with Gasteiger partial charge in [-0.15, -0.1) is 0 Å². The molecule has 0 aliphatic heterocycles. The number of hydrogen-bond donors (Lipinski definition) is 0. The van der Waals surface area contributed by atoms with Crippen LogP contribution < -0.4 is 0 Å². The summed E-state index contributed by atoms with van der Waals surface area (Å²) in [5.41, 5.74) is 6.02. The van der Waals surface area contributed by atoms with Crippen LogP contribution in [0.4, 0.5) is 0 Å². The highest BCUT2D eigenvalue weighted by molar-refractivity contribution is 5.37. The van der Waals surface area contributed by atoms with Gasteiger partial charge in [0.05, 0.1) is 0 Å². The summed E-state index contributed by atoms with van der Waals surface area (Å²) in [7, 11) is 0. The van der Waals surface area contributed by atoms with E-state index >= 15 is 0 Å². The van der Waals surface area contributed by atoms with Crippen molar-refractivity contribution < 1.29 is 0 Å². The minimum atomic E-state index is 0.944. The standard InChI is InChI=1S/C23H36/c1-17-13-23(14-18(2)19(17)3)16-22-11-9-21(10-12-22)15-20-7-5-4-6-8-20/h13-14,20-22H,4-12,15-16H2,1-3H3. The second kappa shape index (κ2) is 7.86. The molecule has 0 N–H and O–H groups in total. The molecule has 0 nitrogen and oxygen atoms in total. The summed E-state index contributed by atoms with van der Waals surface area (Å²) < 4.78 is 0. The largest absolute Gasteiger partial charge is 0.0558 e. The molecule has 0 bridgehead atoms. The van der Waals surface area contributed by atoms with Gasteiger partial charge in [0.25, 0.3) is 0 Å². The fourth-order valence-electron chi connectivity index (χ4n) is 5.14. The smallest absolute Gasteiger partial charge is 0.0250 e. The molecular formula is C23H36. The van der Waals surface area contributed by atoms with Crippen molar-refractivity contribution in [3.05, 3.63) is 34.4 Å². The van der Waals surface area contributed by atoms with Crippen molar-refractivity contribution in [1.82, 2.24) is 0 Å². The lowest BCUT2D eigenvalue weighted by molar-refractivity contribution is 0.211. The lowest BCUT2D eigenvalue weighted by Gasteiger charge is -2.32. The summed E-state index contributed by atoms with van der Waals surface area (Å²) in [6.07, 6.45) is 16.4. The van der Waals surface area contributed by atoms with Gasteiger partial charge in [-0.1, -0.05) is 57.1 Å². The third kappa shape index (κ3) is 4.61. The van der Waals surface area contributed by atoms with Gasteiger partial charge in [0, 0.05) is 0 Å². The normalized spacial score (nSPS) is 26.4. The summed E-state index contributed by atoms with van der Waals surface area (Å²) >= 11 is 0. The van der Waals surface area contributed by atoms with Crippen LogP contribution in [0.15, 0.2) is 12.1 Å². The first kappa shape index (κ1) is 17.1. The highest BCUT2D eigenvalue weighted by Gasteiger charge is 2.24. The number of aryl methyl sites for hydroxylation is 2. The lowest BCUT2D eigenvalue weighted by atomic mass is 9.74. The molecule has 23 heavy (non-hydrogen) atoms. The van der Waals surface area contributed by atoms with Gasteiger partial charge >= 0.3 is 0 Å². The zero-order valence-corrected chi connectivity index (χ0v) is 15.7. The second-order valence-corrected chi connectivity index (χ2v) is 8.69. The monoisotopic (exact) mass is 312 g/mol. The molecule has 2 saturated carbocycles. The molecule has 0 aromatic heterocycles. The molecule has 0 atom stereocenters. The first-order chi connectivity index (χ1) is 11.1. The van der Waals surface area contributed by atoms with Gasteiger partial charge in [-0.25, -0.2) is 0 Å². The van der Waals surface area contributed by atoms with E-state index in [0.29, 0.717) is 0 Å². The van der Waals surface area contributed by atoms with Crippen LogP contribution in [-0.4, -0.2) is 0 Å². The van der Waals surface area contributed by atoms with Gasteiger partial charge in [0.1, 0.15) is 0 Å². The molecule has 1 aromatic rings. The molecule has 1 aromatic carbocycles. The van der Waals surface area contributed by atoms with Crippen molar-refractivity contribution >= 4 is 0 Å². The molecule has 0 unspecified atom stereocenters. The van der Waals surface area contributed by atoms with Crippen molar-refractivity contribution in [1.29, 1.82) is 0 Å². The average molecular weight is 313 g/mol. The Hall–Kier alpha value is -0.780. The number of hydrogen-bond acceptors (Lipinski definition) is 0. The predicted octanol–water partition coefficient (Wildman–Crippen LogP) is 6.93. The third-order valence-corrected chi connectivity index (χ3v) is 6.87. The molecule has 0 heterocycles. The summed E-state index contributed by atoms with van der Waals surface area (Å²) in [5, 5.41) is 0. The molecule has 0 heteroatoms. The van der Waals surface area contributed by atoms with Gasteiger partial charge in [-0.2, -0.15) is 0 Å². The van der Waals surface area contributed by atoms with E-state index in [4.69, 9.17) is 0 Å². The van der Waals surface area contributed by atoms with Crippen LogP contribution in [0.3, 0.4) is 0 Å². The zero-order valence-electron chi connectivity index (χ0n) is 15.7. The second-order valence-electron chi connectivity index (χ2n) is 8.69. The SMILES string of the molecule is Cc1cc(CC2CCC(CC3CCCCC3)CC2)cc(C)c1C. The highest BCUT2D eigenvalue weighted by atomic mass is 14.3. The van der Waals surface area contributed by atoms with E-state index in [0.717, 1.165) is 17.8 Å². The maximum absolute atomic E-state index is 2.44. The van der Waals surface area contributed by atoms with E-state index in [1.165, 1.54) is 80.9 Å². The summed E-state index contributed by atoms with van der Waals surface area (Å²) in [4.78, 5) is 0. The Morgan fingerprint density at radius 1 is 0.696 bits per heavy atom. The number of benzene rings is 1. The fraction of sp³-hybridized carbons (Fsp3) is 0.739. The Bertz CT molecular complexity index is 476. The molecule has 0 radical (unpaired) electrons. The molecule has 0 saturated heterocycles. The fourth-order valence-corrected chi connectivity index (χ4v) is 5.14. The van der Waals surface area contributed by atoms with Crippen molar-refractivity contribution in [3.8, 4) is 0 Å². The Balaban J connectivity index is 1.47. The van der Waals surface area contributed by atoms with Crippen LogP contribution >= 0.6 is 0 Å². The minimum absolute atomic E-state index is 0.944. The Labute approximate surface area is 144 Å². The van der Waals surface area contributed by atoms with Crippen molar-refractivity contribution in [2.45, 2.75) is 91.4 Å². The van der Waals surface area contributed by atoms with Crippen LogP contribution in [0.25, 0.3) is 0 Å². The van der Waals surface area contributed by atoms with Crippen LogP contribution in [0.1, 0.15) is 86.5 Å². The van der Waals surface area contributed by atoms with E-state index in [2.05, 4.69) is 32.9 Å². The summed E-state index contributed by atoms with van der Waals surface area (Å²) in [6.45, 7) is 6.80. The predicted molar refractivity (Wildman–Crippen MR) is 101 cm³/mol. The maximum atomic E-state index is 2.44. The van der Waals surface area contributed by atoms with Gasteiger partial charge in [-0.3, -0.25) is 0 Å². The average Bonchev–Trinajstić information content (AvgIpc) is 2.55. The Morgan fingerprint density at radius 2 is 1.22 bits per heavy atom. The molecular weight excluding hydrogens is 276 g/mol. The number of rotatable bonds is 4.